The van der Waals surface area contributed by atoms with Crippen molar-refractivity contribution in [1.29, 1.82) is 0 Å². The molecule has 0 aliphatic rings. The fraction of sp³-hybridized carbons (Fsp3) is 0.308. The fourth-order valence-corrected chi connectivity index (χ4v) is 1.91. The van der Waals surface area contributed by atoms with Crippen LogP contribution in [-0.2, 0) is 6.42 Å². The van der Waals surface area contributed by atoms with Crippen LogP contribution in [0.1, 0.15) is 19.4 Å². The number of pyridine rings is 1. The third-order valence-corrected chi connectivity index (χ3v) is 2.81. The van der Waals surface area contributed by atoms with Crippen molar-refractivity contribution >= 4 is 22.4 Å². The number of non-ortho nitro benzene ring substituents is 1. The topological polar surface area (TPSA) is 68.1 Å². The molecule has 0 atom stereocenters. The van der Waals surface area contributed by atoms with Crippen LogP contribution >= 0.6 is 0 Å². The van der Waals surface area contributed by atoms with Crippen molar-refractivity contribution in [3.8, 4) is 0 Å². The molecule has 1 aromatic heterocycles. The van der Waals surface area contributed by atoms with Crippen molar-refractivity contribution in [3.63, 3.8) is 0 Å². The molecule has 0 unspecified atom stereocenters. The van der Waals surface area contributed by atoms with E-state index in [1.54, 1.807) is 12.1 Å². The highest BCUT2D eigenvalue weighted by molar-refractivity contribution is 5.83. The number of hydrogen-bond donors (Lipinski definition) is 1. The summed E-state index contributed by atoms with van der Waals surface area (Å²) in [6, 6.07) is 6.70. The van der Waals surface area contributed by atoms with Gasteiger partial charge in [-0.3, -0.25) is 10.1 Å². The first-order valence-electron chi connectivity index (χ1n) is 5.97. The number of nitrogens with zero attached hydrogens (tertiary/aromatic N) is 2. The number of hydrogen-bond acceptors (Lipinski definition) is 4. The highest BCUT2D eigenvalue weighted by Crippen LogP contribution is 2.24. The quantitative estimate of drug-likeness (QED) is 0.663. The van der Waals surface area contributed by atoms with Gasteiger partial charge in [-0.25, -0.2) is 4.98 Å². The van der Waals surface area contributed by atoms with Crippen LogP contribution in [0.2, 0.25) is 0 Å². The van der Waals surface area contributed by atoms with Crippen LogP contribution in [0.15, 0.2) is 24.3 Å². The summed E-state index contributed by atoms with van der Waals surface area (Å²) in [5.41, 5.74) is 1.95. The number of fused-ring (bicyclic) bond motifs is 1. The predicted octanol–water partition coefficient (Wildman–Crippen LogP) is 3.14. The highest BCUT2D eigenvalue weighted by Gasteiger charge is 2.09. The molecule has 0 amide bonds. The second kappa shape index (κ2) is 5.00. The SMILES string of the molecule is CCNc1nc2ccc([N+](=O)[O-])cc2cc1CC. The Kier molecular flexibility index (Phi) is 3.41. The highest BCUT2D eigenvalue weighted by atomic mass is 16.6. The van der Waals surface area contributed by atoms with E-state index >= 15 is 0 Å². The molecule has 0 spiro atoms. The first-order valence-corrected chi connectivity index (χ1v) is 5.97. The monoisotopic (exact) mass is 245 g/mol. The molecular weight excluding hydrogens is 230 g/mol. The molecule has 0 aliphatic heterocycles. The van der Waals surface area contributed by atoms with Crippen molar-refractivity contribution < 1.29 is 4.92 Å². The van der Waals surface area contributed by atoms with E-state index in [0.717, 1.165) is 35.2 Å². The molecule has 1 N–H and O–H groups in total. The zero-order valence-electron chi connectivity index (χ0n) is 10.4. The summed E-state index contributed by atoms with van der Waals surface area (Å²) in [4.78, 5) is 14.9. The molecule has 0 radical (unpaired) electrons. The van der Waals surface area contributed by atoms with E-state index in [1.165, 1.54) is 6.07 Å². The maximum atomic E-state index is 10.7. The van der Waals surface area contributed by atoms with E-state index in [2.05, 4.69) is 10.3 Å². The molecule has 94 valence electrons. The molecule has 1 heterocycles. The Balaban J connectivity index is 2.59. The summed E-state index contributed by atoms with van der Waals surface area (Å²) in [7, 11) is 0. The van der Waals surface area contributed by atoms with E-state index in [0.29, 0.717) is 0 Å². The zero-order valence-corrected chi connectivity index (χ0v) is 10.4. The lowest BCUT2D eigenvalue weighted by atomic mass is 10.1. The van der Waals surface area contributed by atoms with Crippen molar-refractivity contribution in [2.45, 2.75) is 20.3 Å². The second-order valence-corrected chi connectivity index (χ2v) is 4.01. The minimum absolute atomic E-state index is 0.0996. The van der Waals surface area contributed by atoms with Gasteiger partial charge >= 0.3 is 0 Å². The molecule has 0 aliphatic carbocycles. The molecule has 2 aromatic rings. The molecule has 0 fully saturated rings. The number of nitro groups is 1. The van der Waals surface area contributed by atoms with Crippen molar-refractivity contribution in [1.82, 2.24) is 4.98 Å². The molecule has 0 bridgehead atoms. The van der Waals surface area contributed by atoms with Crippen LogP contribution in [0.3, 0.4) is 0 Å². The largest absolute Gasteiger partial charge is 0.370 e. The lowest BCUT2D eigenvalue weighted by Crippen LogP contribution is -2.03. The smallest absolute Gasteiger partial charge is 0.270 e. The summed E-state index contributed by atoms with van der Waals surface area (Å²) < 4.78 is 0. The van der Waals surface area contributed by atoms with E-state index in [1.807, 2.05) is 19.9 Å². The van der Waals surface area contributed by atoms with E-state index < -0.39 is 0 Å². The summed E-state index contributed by atoms with van der Waals surface area (Å²) in [6.45, 7) is 4.86. The Morgan fingerprint density at radius 2 is 2.11 bits per heavy atom. The van der Waals surface area contributed by atoms with Crippen LogP contribution in [-0.4, -0.2) is 16.5 Å². The van der Waals surface area contributed by atoms with Crippen molar-refractivity contribution in [2.75, 3.05) is 11.9 Å². The van der Waals surface area contributed by atoms with Crippen LogP contribution in [0.25, 0.3) is 10.9 Å². The Labute approximate surface area is 105 Å². The maximum Gasteiger partial charge on any atom is 0.270 e. The van der Waals surface area contributed by atoms with Crippen LogP contribution in [0, 0.1) is 10.1 Å². The van der Waals surface area contributed by atoms with Gasteiger partial charge in [-0.1, -0.05) is 6.92 Å². The van der Waals surface area contributed by atoms with E-state index in [-0.39, 0.29) is 10.6 Å². The summed E-state index contributed by atoms with van der Waals surface area (Å²) in [5, 5.41) is 14.8. The zero-order chi connectivity index (χ0) is 13.1. The second-order valence-electron chi connectivity index (χ2n) is 4.01. The number of rotatable bonds is 4. The fourth-order valence-electron chi connectivity index (χ4n) is 1.91. The molecule has 18 heavy (non-hydrogen) atoms. The number of nitrogens with one attached hydrogen (secondary N) is 1. The molecule has 5 nitrogen and oxygen atoms in total. The minimum atomic E-state index is -0.386. The van der Waals surface area contributed by atoms with Gasteiger partial charge in [0.2, 0.25) is 0 Å². The maximum absolute atomic E-state index is 10.7. The van der Waals surface area contributed by atoms with Crippen LogP contribution < -0.4 is 5.32 Å². The normalized spacial score (nSPS) is 10.6. The van der Waals surface area contributed by atoms with Gasteiger partial charge in [-0.2, -0.15) is 0 Å². The molecule has 1 aromatic carbocycles. The summed E-state index contributed by atoms with van der Waals surface area (Å²) in [5.74, 6) is 0.862. The van der Waals surface area contributed by atoms with E-state index in [9.17, 15) is 10.1 Å². The minimum Gasteiger partial charge on any atom is -0.370 e. The number of aryl methyl sites for hydroxylation is 1. The molecule has 0 saturated heterocycles. The van der Waals surface area contributed by atoms with Crippen molar-refractivity contribution in [2.24, 2.45) is 0 Å². The number of aromatic nitrogens is 1. The van der Waals surface area contributed by atoms with Crippen LogP contribution in [0.5, 0.6) is 0 Å². The molecule has 2 rings (SSSR count). The Hall–Kier alpha value is -2.17. The number of benzene rings is 1. The third-order valence-electron chi connectivity index (χ3n) is 2.81. The van der Waals surface area contributed by atoms with Gasteiger partial charge in [0.15, 0.2) is 0 Å². The lowest BCUT2D eigenvalue weighted by molar-refractivity contribution is -0.384. The first kappa shape index (κ1) is 12.3. The summed E-state index contributed by atoms with van der Waals surface area (Å²) >= 11 is 0. The Bertz CT molecular complexity index is 596. The van der Waals surface area contributed by atoms with Gasteiger partial charge < -0.3 is 5.32 Å². The molecule has 5 heteroatoms. The van der Waals surface area contributed by atoms with Crippen LogP contribution in [0.4, 0.5) is 11.5 Å². The lowest BCUT2D eigenvalue weighted by Gasteiger charge is -2.09. The van der Waals surface area contributed by atoms with Gasteiger partial charge in [-0.05, 0) is 31.0 Å². The van der Waals surface area contributed by atoms with Gasteiger partial charge in [0.25, 0.3) is 5.69 Å². The van der Waals surface area contributed by atoms with Gasteiger partial charge in [-0.15, -0.1) is 0 Å². The predicted molar refractivity (Wildman–Crippen MR) is 71.9 cm³/mol. The number of anilines is 1. The van der Waals surface area contributed by atoms with Gasteiger partial charge in [0.1, 0.15) is 5.82 Å². The molecule has 0 saturated carbocycles. The third kappa shape index (κ3) is 2.25. The average molecular weight is 245 g/mol. The Morgan fingerprint density at radius 3 is 2.72 bits per heavy atom. The van der Waals surface area contributed by atoms with Gasteiger partial charge in [0, 0.05) is 24.1 Å². The van der Waals surface area contributed by atoms with E-state index in [4.69, 9.17) is 0 Å². The Morgan fingerprint density at radius 1 is 1.33 bits per heavy atom. The summed E-state index contributed by atoms with van der Waals surface area (Å²) in [6.07, 6.45) is 0.841. The first-order chi connectivity index (χ1) is 8.65. The molecular formula is C13H15N3O2. The van der Waals surface area contributed by atoms with Crippen molar-refractivity contribution in [3.05, 3.63) is 39.9 Å². The van der Waals surface area contributed by atoms with Gasteiger partial charge in [0.05, 0.1) is 10.4 Å². The number of nitro benzene ring substituents is 1. The average Bonchev–Trinajstić information content (AvgIpc) is 2.37. The standard InChI is InChI=1S/C13H15N3O2/c1-3-9-7-10-8-11(16(17)18)5-6-12(10)15-13(9)14-4-2/h5-8H,3-4H2,1-2H3,(H,14,15).